The zero-order chi connectivity index (χ0) is 23.8. The van der Waals surface area contributed by atoms with Gasteiger partial charge in [-0.1, -0.05) is 51.1 Å². The van der Waals surface area contributed by atoms with Crippen LogP contribution >= 0.6 is 0 Å². The molecule has 0 radical (unpaired) electrons. The van der Waals surface area contributed by atoms with Crippen molar-refractivity contribution in [3.05, 3.63) is 63.7 Å². The second-order valence-corrected chi connectivity index (χ2v) is 9.27. The molecule has 1 unspecified atom stereocenters. The highest BCUT2D eigenvalue weighted by molar-refractivity contribution is 6.02. The second-order valence-electron chi connectivity index (χ2n) is 9.27. The number of carboxylic acids is 1. The standard InChI is InChI=1S/C26H32N2O4/c1-7-26(5,6)25(32)28-13-12-18-10-8-9-11-19(18)22(28)23(29)27-21-16(3)14-15(2)20(17(21)4)24(30)31/h8-11,14,22H,7,12-13H2,1-6H3,(H,27,29)(H,30,31). The number of nitrogens with one attached hydrogen (secondary N) is 1. The molecule has 1 aliphatic rings. The zero-order valence-corrected chi connectivity index (χ0v) is 19.7. The normalized spacial score (nSPS) is 15.8. The van der Waals surface area contributed by atoms with Crippen LogP contribution in [0.2, 0.25) is 0 Å². The van der Waals surface area contributed by atoms with Crippen molar-refractivity contribution in [3.63, 3.8) is 0 Å². The number of amides is 2. The topological polar surface area (TPSA) is 86.7 Å². The number of hydrogen-bond acceptors (Lipinski definition) is 3. The third-order valence-electron chi connectivity index (χ3n) is 6.69. The first kappa shape index (κ1) is 23.5. The van der Waals surface area contributed by atoms with Gasteiger partial charge in [0.05, 0.1) is 5.56 Å². The van der Waals surface area contributed by atoms with Crippen molar-refractivity contribution in [1.29, 1.82) is 0 Å². The number of anilines is 1. The van der Waals surface area contributed by atoms with E-state index < -0.39 is 17.4 Å². The van der Waals surface area contributed by atoms with Crippen LogP contribution < -0.4 is 5.32 Å². The van der Waals surface area contributed by atoms with Gasteiger partial charge in [0.2, 0.25) is 5.91 Å². The predicted octanol–water partition coefficient (Wildman–Crippen LogP) is 4.81. The molecule has 6 nitrogen and oxygen atoms in total. The Labute approximate surface area is 189 Å². The Bertz CT molecular complexity index is 1090. The van der Waals surface area contributed by atoms with Crippen molar-refractivity contribution in [3.8, 4) is 0 Å². The van der Waals surface area contributed by atoms with Gasteiger partial charge in [-0.05, 0) is 61.4 Å². The van der Waals surface area contributed by atoms with E-state index in [1.165, 1.54) is 0 Å². The van der Waals surface area contributed by atoms with Gasteiger partial charge >= 0.3 is 5.97 Å². The lowest BCUT2D eigenvalue weighted by molar-refractivity contribution is -0.147. The Kier molecular flexibility index (Phi) is 6.44. The van der Waals surface area contributed by atoms with Gasteiger partial charge in [0.1, 0.15) is 6.04 Å². The van der Waals surface area contributed by atoms with Crippen LogP contribution in [0.3, 0.4) is 0 Å². The molecule has 32 heavy (non-hydrogen) atoms. The molecule has 1 atom stereocenters. The molecule has 2 aromatic carbocycles. The molecule has 170 valence electrons. The maximum atomic E-state index is 13.7. The van der Waals surface area contributed by atoms with Gasteiger partial charge in [0.25, 0.3) is 5.91 Å². The van der Waals surface area contributed by atoms with E-state index in [-0.39, 0.29) is 17.4 Å². The van der Waals surface area contributed by atoms with Crippen molar-refractivity contribution >= 4 is 23.5 Å². The number of carboxylic acid groups (broad SMARTS) is 1. The van der Waals surface area contributed by atoms with Crippen LogP contribution in [0.15, 0.2) is 30.3 Å². The number of rotatable bonds is 5. The number of aryl methyl sites for hydroxylation is 2. The summed E-state index contributed by atoms with van der Waals surface area (Å²) in [5.74, 6) is -1.41. The highest BCUT2D eigenvalue weighted by Gasteiger charge is 2.41. The molecule has 0 aliphatic carbocycles. The fourth-order valence-corrected chi connectivity index (χ4v) is 4.51. The SMILES string of the molecule is CCC(C)(C)C(=O)N1CCc2ccccc2C1C(=O)Nc1c(C)cc(C)c(C(=O)O)c1C. The van der Waals surface area contributed by atoms with Crippen molar-refractivity contribution < 1.29 is 19.5 Å². The summed E-state index contributed by atoms with van der Waals surface area (Å²) >= 11 is 0. The number of nitrogens with zero attached hydrogens (tertiary/aromatic N) is 1. The summed E-state index contributed by atoms with van der Waals surface area (Å²) in [4.78, 5) is 40.6. The first-order valence-corrected chi connectivity index (χ1v) is 11.0. The van der Waals surface area contributed by atoms with Gasteiger partial charge in [0, 0.05) is 17.6 Å². The maximum Gasteiger partial charge on any atom is 0.336 e. The summed E-state index contributed by atoms with van der Waals surface area (Å²) in [7, 11) is 0. The molecule has 0 fully saturated rings. The van der Waals surface area contributed by atoms with E-state index in [0.717, 1.165) is 16.7 Å². The average molecular weight is 437 g/mol. The van der Waals surface area contributed by atoms with Crippen LogP contribution in [-0.2, 0) is 16.0 Å². The number of carbonyl (C=O) groups excluding carboxylic acids is 2. The predicted molar refractivity (Wildman–Crippen MR) is 125 cm³/mol. The molecule has 2 N–H and O–H groups in total. The molecule has 0 spiro atoms. The first-order chi connectivity index (χ1) is 15.0. The second kappa shape index (κ2) is 8.77. The van der Waals surface area contributed by atoms with E-state index in [1.54, 1.807) is 24.8 Å². The number of carbonyl (C=O) groups is 3. The molecule has 6 heteroatoms. The van der Waals surface area contributed by atoms with Gasteiger partial charge in [0.15, 0.2) is 0 Å². The van der Waals surface area contributed by atoms with E-state index in [1.807, 2.05) is 52.0 Å². The van der Waals surface area contributed by atoms with Crippen LogP contribution in [0.25, 0.3) is 0 Å². The summed E-state index contributed by atoms with van der Waals surface area (Å²) in [5, 5.41) is 12.6. The molecule has 2 aromatic rings. The third kappa shape index (κ3) is 4.14. The van der Waals surface area contributed by atoms with E-state index in [0.29, 0.717) is 36.2 Å². The Balaban J connectivity index is 2.07. The average Bonchev–Trinajstić information content (AvgIpc) is 2.74. The molecule has 0 saturated heterocycles. The van der Waals surface area contributed by atoms with E-state index in [4.69, 9.17) is 0 Å². The van der Waals surface area contributed by atoms with Crippen molar-refractivity contribution in [2.45, 2.75) is 60.4 Å². The summed E-state index contributed by atoms with van der Waals surface area (Å²) in [5.41, 5.74) is 3.91. The molecular formula is C26H32N2O4. The molecule has 0 bridgehead atoms. The van der Waals surface area contributed by atoms with Crippen molar-refractivity contribution in [1.82, 2.24) is 4.90 Å². The smallest absolute Gasteiger partial charge is 0.336 e. The van der Waals surface area contributed by atoms with Gasteiger partial charge in [-0.25, -0.2) is 4.79 Å². The van der Waals surface area contributed by atoms with E-state index >= 15 is 0 Å². The Hall–Kier alpha value is -3.15. The van der Waals surface area contributed by atoms with Crippen molar-refractivity contribution in [2.75, 3.05) is 11.9 Å². The Morgan fingerprint density at radius 1 is 1.12 bits per heavy atom. The summed E-state index contributed by atoms with van der Waals surface area (Å²) in [6.07, 6.45) is 1.35. The number of hydrogen-bond donors (Lipinski definition) is 2. The highest BCUT2D eigenvalue weighted by atomic mass is 16.4. The van der Waals surface area contributed by atoms with Gasteiger partial charge in [-0.15, -0.1) is 0 Å². The van der Waals surface area contributed by atoms with Crippen LogP contribution in [-0.4, -0.2) is 34.3 Å². The van der Waals surface area contributed by atoms with Crippen LogP contribution in [0.5, 0.6) is 0 Å². The lowest BCUT2D eigenvalue weighted by Gasteiger charge is -2.40. The third-order valence-corrected chi connectivity index (χ3v) is 6.69. The number of aromatic carboxylic acids is 1. The first-order valence-electron chi connectivity index (χ1n) is 11.0. The van der Waals surface area contributed by atoms with E-state index in [2.05, 4.69) is 5.32 Å². The highest BCUT2D eigenvalue weighted by Crippen LogP contribution is 2.36. The monoisotopic (exact) mass is 436 g/mol. The molecule has 0 saturated carbocycles. The minimum Gasteiger partial charge on any atom is -0.478 e. The van der Waals surface area contributed by atoms with Gasteiger partial charge in [-0.2, -0.15) is 0 Å². The fraction of sp³-hybridized carbons (Fsp3) is 0.423. The number of fused-ring (bicyclic) bond motifs is 1. The largest absolute Gasteiger partial charge is 0.478 e. The van der Waals surface area contributed by atoms with Crippen LogP contribution in [0.4, 0.5) is 5.69 Å². The maximum absolute atomic E-state index is 13.7. The minimum absolute atomic E-state index is 0.0572. The Morgan fingerprint density at radius 2 is 1.78 bits per heavy atom. The summed E-state index contributed by atoms with van der Waals surface area (Å²) in [6, 6.07) is 8.71. The molecular weight excluding hydrogens is 404 g/mol. The zero-order valence-electron chi connectivity index (χ0n) is 19.7. The van der Waals surface area contributed by atoms with Crippen molar-refractivity contribution in [2.24, 2.45) is 5.41 Å². The molecule has 1 heterocycles. The van der Waals surface area contributed by atoms with Gasteiger partial charge < -0.3 is 15.3 Å². The summed E-state index contributed by atoms with van der Waals surface area (Å²) < 4.78 is 0. The van der Waals surface area contributed by atoms with Crippen LogP contribution in [0.1, 0.15) is 71.4 Å². The molecule has 1 aliphatic heterocycles. The van der Waals surface area contributed by atoms with Crippen LogP contribution in [0, 0.1) is 26.2 Å². The molecule has 0 aromatic heterocycles. The quantitative estimate of drug-likeness (QED) is 0.704. The Morgan fingerprint density at radius 3 is 2.41 bits per heavy atom. The minimum atomic E-state index is -1.03. The fourth-order valence-electron chi connectivity index (χ4n) is 4.51. The molecule has 3 rings (SSSR count). The van der Waals surface area contributed by atoms with E-state index in [9.17, 15) is 19.5 Å². The molecule has 2 amide bonds. The van der Waals surface area contributed by atoms with Gasteiger partial charge in [-0.3, -0.25) is 9.59 Å². The lowest BCUT2D eigenvalue weighted by atomic mass is 9.84. The number of benzene rings is 2. The summed E-state index contributed by atoms with van der Waals surface area (Å²) in [6.45, 7) is 11.5. The lowest BCUT2D eigenvalue weighted by Crippen LogP contribution is -2.49.